The Hall–Kier alpha value is -1.36. The number of carbonyl (C=O) groups excluding carboxylic acids is 1. The number of nitrogens with one attached hydrogen (secondary N) is 2. The van der Waals surface area contributed by atoms with Crippen molar-refractivity contribution in [2.45, 2.75) is 6.54 Å². The zero-order valence-electron chi connectivity index (χ0n) is 6.29. The Morgan fingerprint density at radius 1 is 1.83 bits per heavy atom. The highest BCUT2D eigenvalue weighted by atomic mass is 32.1. The molecule has 0 aromatic carbocycles. The summed E-state index contributed by atoms with van der Waals surface area (Å²) < 4.78 is 0. The minimum Gasteiger partial charge on any atom is -0.347 e. The van der Waals surface area contributed by atoms with Crippen LogP contribution in [0.1, 0.15) is 5.69 Å². The molecule has 12 heavy (non-hydrogen) atoms. The molecule has 1 aromatic rings. The number of hydrogen-bond donors (Lipinski definition) is 2. The van der Waals surface area contributed by atoms with Gasteiger partial charge in [0.25, 0.3) is 0 Å². The lowest BCUT2D eigenvalue weighted by atomic mass is 10.4. The fourth-order valence-corrected chi connectivity index (χ4v) is 1.24. The molecular formula is C7H8N2O2S. The van der Waals surface area contributed by atoms with E-state index in [1.165, 1.54) is 6.08 Å². The fourth-order valence-electron chi connectivity index (χ4n) is 0.655. The monoisotopic (exact) mass is 184 g/mol. The molecule has 0 bridgehead atoms. The Kier molecular flexibility index (Phi) is 2.82. The van der Waals surface area contributed by atoms with Crippen molar-refractivity contribution in [2.24, 2.45) is 0 Å². The molecule has 0 aliphatic carbocycles. The Balaban J connectivity index is 2.48. The average Bonchev–Trinajstić information content (AvgIpc) is 2.47. The largest absolute Gasteiger partial charge is 0.347 e. The summed E-state index contributed by atoms with van der Waals surface area (Å²) in [6, 6.07) is 0. The van der Waals surface area contributed by atoms with Crippen LogP contribution in [0.15, 0.2) is 22.8 Å². The van der Waals surface area contributed by atoms with Crippen LogP contribution >= 0.6 is 11.3 Å². The highest BCUT2D eigenvalue weighted by molar-refractivity contribution is 7.07. The molecule has 1 rings (SSSR count). The highest BCUT2D eigenvalue weighted by Gasteiger charge is 1.97. The number of amides is 1. The van der Waals surface area contributed by atoms with Crippen LogP contribution in [0.25, 0.3) is 0 Å². The van der Waals surface area contributed by atoms with Gasteiger partial charge in [-0.3, -0.25) is 9.59 Å². The summed E-state index contributed by atoms with van der Waals surface area (Å²) >= 11 is 1.08. The first kappa shape index (κ1) is 8.73. The van der Waals surface area contributed by atoms with Crippen LogP contribution in [0.2, 0.25) is 0 Å². The van der Waals surface area contributed by atoms with Crippen molar-refractivity contribution in [3.8, 4) is 0 Å². The van der Waals surface area contributed by atoms with Gasteiger partial charge >= 0.3 is 4.87 Å². The van der Waals surface area contributed by atoms with Crippen LogP contribution in [0.5, 0.6) is 0 Å². The second-order valence-electron chi connectivity index (χ2n) is 2.10. The van der Waals surface area contributed by atoms with Crippen LogP contribution in [-0.2, 0) is 11.3 Å². The van der Waals surface area contributed by atoms with Crippen molar-refractivity contribution >= 4 is 17.2 Å². The topological polar surface area (TPSA) is 62.0 Å². The van der Waals surface area contributed by atoms with Gasteiger partial charge in [-0.05, 0) is 6.08 Å². The number of aromatic nitrogens is 1. The molecule has 1 aromatic heterocycles. The van der Waals surface area contributed by atoms with E-state index >= 15 is 0 Å². The highest BCUT2D eigenvalue weighted by Crippen LogP contribution is 1.93. The van der Waals surface area contributed by atoms with Gasteiger partial charge in [0.2, 0.25) is 5.91 Å². The van der Waals surface area contributed by atoms with Gasteiger partial charge in [-0.2, -0.15) is 0 Å². The lowest BCUT2D eigenvalue weighted by Gasteiger charge is -1.96. The predicted molar refractivity (Wildman–Crippen MR) is 47.0 cm³/mol. The molecule has 0 aliphatic rings. The van der Waals surface area contributed by atoms with Gasteiger partial charge in [-0.25, -0.2) is 0 Å². The molecule has 1 amide bonds. The molecule has 64 valence electrons. The lowest BCUT2D eigenvalue weighted by Crippen LogP contribution is -2.20. The smallest absolute Gasteiger partial charge is 0.304 e. The van der Waals surface area contributed by atoms with Crippen LogP contribution in [0, 0.1) is 0 Å². The first-order valence-corrected chi connectivity index (χ1v) is 4.17. The van der Waals surface area contributed by atoms with E-state index in [0.29, 0.717) is 12.2 Å². The van der Waals surface area contributed by atoms with E-state index in [2.05, 4.69) is 16.9 Å². The van der Waals surface area contributed by atoms with Crippen LogP contribution in [0.3, 0.4) is 0 Å². The van der Waals surface area contributed by atoms with Gasteiger partial charge in [0.15, 0.2) is 0 Å². The molecule has 4 nitrogen and oxygen atoms in total. The van der Waals surface area contributed by atoms with E-state index < -0.39 is 0 Å². The van der Waals surface area contributed by atoms with E-state index in [1.54, 1.807) is 5.38 Å². The maximum absolute atomic E-state index is 10.7. The summed E-state index contributed by atoms with van der Waals surface area (Å²) in [4.78, 5) is 23.8. The van der Waals surface area contributed by atoms with E-state index in [-0.39, 0.29) is 10.8 Å². The van der Waals surface area contributed by atoms with Crippen molar-refractivity contribution < 1.29 is 4.79 Å². The first-order valence-electron chi connectivity index (χ1n) is 3.29. The predicted octanol–water partition coefficient (Wildman–Crippen LogP) is 0.239. The summed E-state index contributed by atoms with van der Waals surface area (Å²) in [5, 5.41) is 4.21. The standard InChI is InChI=1S/C7H8N2O2S/c1-2-6(10)8-3-5-4-12-7(11)9-5/h2,4H,1,3H2,(H,8,10)(H,9,11). The Morgan fingerprint density at radius 2 is 2.58 bits per heavy atom. The zero-order chi connectivity index (χ0) is 8.97. The summed E-state index contributed by atoms with van der Waals surface area (Å²) in [5.74, 6) is -0.248. The van der Waals surface area contributed by atoms with Crippen molar-refractivity contribution in [1.29, 1.82) is 0 Å². The Morgan fingerprint density at radius 3 is 3.08 bits per heavy atom. The summed E-state index contributed by atoms with van der Waals surface area (Å²) in [7, 11) is 0. The van der Waals surface area contributed by atoms with Gasteiger partial charge in [-0.15, -0.1) is 0 Å². The first-order chi connectivity index (χ1) is 5.72. The maximum atomic E-state index is 10.7. The number of H-pyrrole nitrogens is 1. The SMILES string of the molecule is C=CC(=O)NCc1csc(=O)[nH]1. The molecule has 0 fully saturated rings. The average molecular weight is 184 g/mol. The van der Waals surface area contributed by atoms with Crippen LogP contribution in [-0.4, -0.2) is 10.9 Å². The van der Waals surface area contributed by atoms with Crippen LogP contribution < -0.4 is 10.2 Å². The third-order valence-electron chi connectivity index (χ3n) is 1.21. The Bertz CT molecular complexity index is 339. The molecule has 0 spiro atoms. The normalized spacial score (nSPS) is 9.33. The van der Waals surface area contributed by atoms with Crippen molar-refractivity contribution in [3.63, 3.8) is 0 Å². The van der Waals surface area contributed by atoms with Gasteiger partial charge < -0.3 is 10.3 Å². The molecule has 0 aliphatic heterocycles. The number of carbonyl (C=O) groups is 1. The van der Waals surface area contributed by atoms with Crippen molar-refractivity contribution in [1.82, 2.24) is 10.3 Å². The third kappa shape index (κ3) is 2.35. The van der Waals surface area contributed by atoms with Crippen LogP contribution in [0.4, 0.5) is 0 Å². The lowest BCUT2D eigenvalue weighted by molar-refractivity contribution is -0.116. The summed E-state index contributed by atoms with van der Waals surface area (Å²) in [6.07, 6.45) is 1.18. The minimum absolute atomic E-state index is 0.113. The molecule has 0 atom stereocenters. The number of aromatic amines is 1. The molecule has 5 heteroatoms. The van der Waals surface area contributed by atoms with Gasteiger partial charge in [0.05, 0.1) is 6.54 Å². The molecule has 0 saturated heterocycles. The second kappa shape index (κ2) is 3.87. The van der Waals surface area contributed by atoms with Crippen molar-refractivity contribution in [2.75, 3.05) is 0 Å². The van der Waals surface area contributed by atoms with E-state index in [4.69, 9.17) is 0 Å². The zero-order valence-corrected chi connectivity index (χ0v) is 7.11. The Labute approximate surface area is 72.9 Å². The number of thiazole rings is 1. The molecule has 1 heterocycles. The molecular weight excluding hydrogens is 176 g/mol. The summed E-state index contributed by atoms with van der Waals surface area (Å²) in [6.45, 7) is 3.63. The fraction of sp³-hybridized carbons (Fsp3) is 0.143. The number of rotatable bonds is 3. The summed E-state index contributed by atoms with van der Waals surface area (Å²) in [5.41, 5.74) is 0.709. The third-order valence-corrected chi connectivity index (χ3v) is 1.93. The van der Waals surface area contributed by atoms with E-state index in [1.807, 2.05) is 0 Å². The van der Waals surface area contributed by atoms with Crippen molar-refractivity contribution in [3.05, 3.63) is 33.4 Å². The maximum Gasteiger partial charge on any atom is 0.304 e. The van der Waals surface area contributed by atoms with E-state index in [0.717, 1.165) is 11.3 Å². The molecule has 2 N–H and O–H groups in total. The van der Waals surface area contributed by atoms with Gasteiger partial charge in [0, 0.05) is 11.1 Å². The quantitative estimate of drug-likeness (QED) is 0.661. The second-order valence-corrected chi connectivity index (χ2v) is 2.94. The molecule has 0 unspecified atom stereocenters. The number of hydrogen-bond acceptors (Lipinski definition) is 3. The van der Waals surface area contributed by atoms with E-state index in [9.17, 15) is 9.59 Å². The molecule has 0 radical (unpaired) electrons. The molecule has 0 saturated carbocycles. The minimum atomic E-state index is -0.248. The van der Waals surface area contributed by atoms with Gasteiger partial charge in [-0.1, -0.05) is 17.9 Å². The van der Waals surface area contributed by atoms with Gasteiger partial charge in [0.1, 0.15) is 0 Å².